The minimum atomic E-state index is -0.998. The maximum absolute atomic E-state index is 10.4. The summed E-state index contributed by atoms with van der Waals surface area (Å²) in [5.41, 5.74) is 2.55. The van der Waals surface area contributed by atoms with Crippen LogP contribution in [0.1, 0.15) is 17.0 Å². The van der Waals surface area contributed by atoms with Gasteiger partial charge in [-0.25, -0.2) is 14.8 Å². The summed E-state index contributed by atoms with van der Waals surface area (Å²) in [6.07, 6.45) is 5.68. The lowest BCUT2D eigenvalue weighted by Crippen LogP contribution is -2.19. The molecule has 21 heavy (non-hydrogen) atoms. The van der Waals surface area contributed by atoms with Gasteiger partial charge in [-0.1, -0.05) is 6.07 Å². The standard InChI is InChI=1S/C15H16N4O2/c1-11-4-3-5-13(18-11)10-19(2)15-16-8-12(9-17-15)6-7-14(20)21/h3-9H,10H2,1-2H3,(H,20,21)/b7-6+. The maximum Gasteiger partial charge on any atom is 0.328 e. The molecular weight excluding hydrogens is 268 g/mol. The third-order valence-electron chi connectivity index (χ3n) is 2.76. The number of aryl methyl sites for hydroxylation is 1. The predicted octanol–water partition coefficient (Wildman–Crippen LogP) is 1.91. The number of rotatable bonds is 5. The number of aromatic nitrogens is 3. The first-order valence-electron chi connectivity index (χ1n) is 6.41. The monoisotopic (exact) mass is 284 g/mol. The van der Waals surface area contributed by atoms with E-state index in [2.05, 4.69) is 15.0 Å². The van der Waals surface area contributed by atoms with Crippen LogP contribution < -0.4 is 4.90 Å². The molecule has 0 amide bonds. The molecule has 0 fully saturated rings. The fourth-order valence-electron chi connectivity index (χ4n) is 1.78. The number of carbonyl (C=O) groups is 1. The Bertz CT molecular complexity index is 653. The van der Waals surface area contributed by atoms with Crippen LogP contribution >= 0.6 is 0 Å². The van der Waals surface area contributed by atoms with Crippen molar-refractivity contribution in [1.82, 2.24) is 15.0 Å². The van der Waals surface area contributed by atoms with E-state index in [-0.39, 0.29) is 0 Å². The molecule has 0 aliphatic heterocycles. The highest BCUT2D eigenvalue weighted by Crippen LogP contribution is 2.10. The van der Waals surface area contributed by atoms with Crippen LogP contribution in [-0.4, -0.2) is 33.1 Å². The van der Waals surface area contributed by atoms with Gasteiger partial charge in [0.05, 0.1) is 12.2 Å². The summed E-state index contributed by atoms with van der Waals surface area (Å²) in [7, 11) is 1.88. The van der Waals surface area contributed by atoms with Gasteiger partial charge < -0.3 is 10.0 Å². The zero-order chi connectivity index (χ0) is 15.2. The van der Waals surface area contributed by atoms with Crippen LogP contribution in [0.4, 0.5) is 5.95 Å². The second kappa shape index (κ2) is 6.60. The number of nitrogens with zero attached hydrogens (tertiary/aromatic N) is 4. The molecule has 6 nitrogen and oxygen atoms in total. The summed E-state index contributed by atoms with van der Waals surface area (Å²) < 4.78 is 0. The van der Waals surface area contributed by atoms with Crippen molar-refractivity contribution in [3.05, 3.63) is 53.6 Å². The largest absolute Gasteiger partial charge is 0.478 e. The first-order chi connectivity index (χ1) is 10.0. The van der Waals surface area contributed by atoms with Crippen molar-refractivity contribution in [3.8, 4) is 0 Å². The Morgan fingerprint density at radius 3 is 2.67 bits per heavy atom. The quantitative estimate of drug-likeness (QED) is 0.845. The fourth-order valence-corrected chi connectivity index (χ4v) is 1.78. The van der Waals surface area contributed by atoms with Gasteiger partial charge in [0, 0.05) is 36.8 Å². The number of aliphatic carboxylic acids is 1. The minimum Gasteiger partial charge on any atom is -0.478 e. The molecule has 0 bridgehead atoms. The zero-order valence-electron chi connectivity index (χ0n) is 11.9. The first-order valence-corrected chi connectivity index (χ1v) is 6.41. The summed E-state index contributed by atoms with van der Waals surface area (Å²) in [6.45, 7) is 2.55. The topological polar surface area (TPSA) is 79.2 Å². The van der Waals surface area contributed by atoms with E-state index < -0.39 is 5.97 Å². The molecule has 0 aliphatic carbocycles. The summed E-state index contributed by atoms with van der Waals surface area (Å²) in [5.74, 6) is -0.438. The molecule has 0 unspecified atom stereocenters. The van der Waals surface area contributed by atoms with E-state index in [0.717, 1.165) is 17.5 Å². The van der Waals surface area contributed by atoms with Gasteiger partial charge in [-0.05, 0) is 25.1 Å². The molecule has 6 heteroatoms. The lowest BCUT2D eigenvalue weighted by molar-refractivity contribution is -0.131. The lowest BCUT2D eigenvalue weighted by Gasteiger charge is -2.16. The molecule has 0 saturated heterocycles. The Labute approximate surface area is 122 Å². The summed E-state index contributed by atoms with van der Waals surface area (Å²) >= 11 is 0. The third-order valence-corrected chi connectivity index (χ3v) is 2.76. The molecule has 2 aromatic rings. The van der Waals surface area contributed by atoms with E-state index in [9.17, 15) is 4.79 Å². The van der Waals surface area contributed by atoms with Gasteiger partial charge >= 0.3 is 5.97 Å². The van der Waals surface area contributed by atoms with E-state index in [1.165, 1.54) is 6.08 Å². The highest BCUT2D eigenvalue weighted by atomic mass is 16.4. The predicted molar refractivity (Wildman–Crippen MR) is 79.8 cm³/mol. The smallest absolute Gasteiger partial charge is 0.328 e. The van der Waals surface area contributed by atoms with Crippen LogP contribution in [0.3, 0.4) is 0 Å². The Morgan fingerprint density at radius 2 is 2.05 bits per heavy atom. The van der Waals surface area contributed by atoms with Crippen molar-refractivity contribution < 1.29 is 9.90 Å². The van der Waals surface area contributed by atoms with Crippen LogP contribution in [-0.2, 0) is 11.3 Å². The molecule has 0 atom stereocenters. The summed E-state index contributed by atoms with van der Waals surface area (Å²) in [6, 6.07) is 5.86. The molecule has 0 aromatic carbocycles. The number of hydrogen-bond acceptors (Lipinski definition) is 5. The van der Waals surface area contributed by atoms with Crippen LogP contribution in [0.5, 0.6) is 0 Å². The molecule has 1 N–H and O–H groups in total. The van der Waals surface area contributed by atoms with E-state index in [0.29, 0.717) is 18.1 Å². The fraction of sp³-hybridized carbons (Fsp3) is 0.200. The highest BCUT2D eigenvalue weighted by molar-refractivity contribution is 5.85. The second-order valence-corrected chi connectivity index (χ2v) is 4.61. The Balaban J connectivity index is 2.06. The van der Waals surface area contributed by atoms with Crippen molar-refractivity contribution in [2.24, 2.45) is 0 Å². The van der Waals surface area contributed by atoms with E-state index in [1.807, 2.05) is 37.1 Å². The minimum absolute atomic E-state index is 0.561. The molecule has 0 radical (unpaired) electrons. The zero-order valence-corrected chi connectivity index (χ0v) is 11.9. The summed E-state index contributed by atoms with van der Waals surface area (Å²) in [5, 5.41) is 8.56. The number of pyridine rings is 1. The van der Waals surface area contributed by atoms with Crippen LogP contribution in [0.2, 0.25) is 0 Å². The van der Waals surface area contributed by atoms with Gasteiger partial charge in [0.2, 0.25) is 5.95 Å². The van der Waals surface area contributed by atoms with Crippen LogP contribution in [0.25, 0.3) is 6.08 Å². The van der Waals surface area contributed by atoms with Crippen molar-refractivity contribution in [2.45, 2.75) is 13.5 Å². The highest BCUT2D eigenvalue weighted by Gasteiger charge is 2.06. The van der Waals surface area contributed by atoms with Crippen molar-refractivity contribution in [1.29, 1.82) is 0 Å². The van der Waals surface area contributed by atoms with Gasteiger partial charge in [0.25, 0.3) is 0 Å². The maximum atomic E-state index is 10.4. The van der Waals surface area contributed by atoms with Crippen LogP contribution in [0.15, 0.2) is 36.7 Å². The lowest BCUT2D eigenvalue weighted by atomic mass is 10.3. The van der Waals surface area contributed by atoms with Gasteiger partial charge in [-0.3, -0.25) is 4.98 Å². The first kappa shape index (κ1) is 14.6. The number of carboxylic acid groups (broad SMARTS) is 1. The van der Waals surface area contributed by atoms with E-state index in [4.69, 9.17) is 5.11 Å². The number of hydrogen-bond donors (Lipinski definition) is 1. The molecule has 2 heterocycles. The number of carboxylic acids is 1. The van der Waals surface area contributed by atoms with Gasteiger partial charge in [-0.15, -0.1) is 0 Å². The van der Waals surface area contributed by atoms with Crippen molar-refractivity contribution in [3.63, 3.8) is 0 Å². The van der Waals surface area contributed by atoms with E-state index >= 15 is 0 Å². The number of anilines is 1. The van der Waals surface area contributed by atoms with Crippen molar-refractivity contribution in [2.75, 3.05) is 11.9 Å². The van der Waals surface area contributed by atoms with Crippen LogP contribution in [0, 0.1) is 6.92 Å². The second-order valence-electron chi connectivity index (χ2n) is 4.61. The normalized spacial score (nSPS) is 10.8. The Morgan fingerprint density at radius 1 is 1.33 bits per heavy atom. The summed E-state index contributed by atoms with van der Waals surface area (Å²) in [4.78, 5) is 25.2. The van der Waals surface area contributed by atoms with E-state index in [1.54, 1.807) is 12.4 Å². The Kier molecular flexibility index (Phi) is 4.61. The van der Waals surface area contributed by atoms with Gasteiger partial charge in [0.1, 0.15) is 0 Å². The molecule has 2 aromatic heterocycles. The molecule has 0 spiro atoms. The van der Waals surface area contributed by atoms with Gasteiger partial charge in [0.15, 0.2) is 0 Å². The molecule has 2 rings (SSSR count). The SMILES string of the molecule is Cc1cccc(CN(C)c2ncc(/C=C/C(=O)O)cn2)n1. The molecule has 0 saturated carbocycles. The molecular formula is C15H16N4O2. The molecule has 0 aliphatic rings. The van der Waals surface area contributed by atoms with Crippen molar-refractivity contribution >= 4 is 18.0 Å². The average Bonchev–Trinajstić information content (AvgIpc) is 2.45. The Hall–Kier alpha value is -2.76. The molecule has 108 valence electrons. The average molecular weight is 284 g/mol. The van der Waals surface area contributed by atoms with Gasteiger partial charge in [-0.2, -0.15) is 0 Å². The third kappa shape index (κ3) is 4.38.